The zero-order valence-electron chi connectivity index (χ0n) is 10.2. The second-order valence-electron chi connectivity index (χ2n) is 4.52. The Hall–Kier alpha value is -1.60. The van der Waals surface area contributed by atoms with Crippen molar-refractivity contribution in [3.05, 3.63) is 12.0 Å². The van der Waals surface area contributed by atoms with Gasteiger partial charge in [0.05, 0.1) is 12.3 Å². The molecular weight excluding hydrogens is 234 g/mol. The standard InChI is InChI=1S/C11H19N5O2/c12-9-7-14-10(15-9)11(18)13-3-6-16-4-1-8(17)2-5-16/h7-8,17H,1-6,12H2,(H,13,18)(H,14,15). The van der Waals surface area contributed by atoms with Crippen LogP contribution >= 0.6 is 0 Å². The number of amides is 1. The Labute approximate surface area is 105 Å². The summed E-state index contributed by atoms with van der Waals surface area (Å²) in [5.74, 6) is 0.371. The number of aromatic nitrogens is 2. The molecule has 0 aromatic carbocycles. The van der Waals surface area contributed by atoms with Crippen LogP contribution in [-0.4, -0.2) is 58.2 Å². The van der Waals surface area contributed by atoms with Crippen molar-refractivity contribution in [2.24, 2.45) is 0 Å². The number of hydrogen-bond acceptors (Lipinski definition) is 5. The lowest BCUT2D eigenvalue weighted by Gasteiger charge is -2.29. The lowest BCUT2D eigenvalue weighted by molar-refractivity contribution is 0.0802. The fourth-order valence-corrected chi connectivity index (χ4v) is 2.00. The predicted molar refractivity (Wildman–Crippen MR) is 67.0 cm³/mol. The first-order valence-electron chi connectivity index (χ1n) is 6.14. The van der Waals surface area contributed by atoms with Gasteiger partial charge < -0.3 is 26.0 Å². The van der Waals surface area contributed by atoms with Crippen LogP contribution < -0.4 is 11.1 Å². The molecule has 1 aromatic heterocycles. The van der Waals surface area contributed by atoms with Gasteiger partial charge in [0.25, 0.3) is 5.91 Å². The molecule has 1 fully saturated rings. The van der Waals surface area contributed by atoms with E-state index in [0.29, 0.717) is 12.4 Å². The Morgan fingerprint density at radius 3 is 2.94 bits per heavy atom. The van der Waals surface area contributed by atoms with Gasteiger partial charge in [-0.2, -0.15) is 0 Å². The summed E-state index contributed by atoms with van der Waals surface area (Å²) in [4.78, 5) is 20.4. The number of hydrogen-bond donors (Lipinski definition) is 4. The Bertz CT molecular complexity index is 398. The van der Waals surface area contributed by atoms with Gasteiger partial charge in [-0.3, -0.25) is 4.79 Å². The number of rotatable bonds is 4. The molecule has 1 aliphatic rings. The van der Waals surface area contributed by atoms with Gasteiger partial charge in [0.1, 0.15) is 5.82 Å². The molecule has 0 spiro atoms. The molecule has 100 valence electrons. The fraction of sp³-hybridized carbons (Fsp3) is 0.636. The molecule has 2 rings (SSSR count). The summed E-state index contributed by atoms with van der Waals surface area (Å²) in [6.07, 6.45) is 2.87. The number of aliphatic hydroxyl groups is 1. The third-order valence-electron chi connectivity index (χ3n) is 3.08. The number of nitrogens with one attached hydrogen (secondary N) is 2. The molecule has 7 heteroatoms. The fourth-order valence-electron chi connectivity index (χ4n) is 2.00. The molecule has 2 heterocycles. The maximum Gasteiger partial charge on any atom is 0.287 e. The lowest BCUT2D eigenvalue weighted by Crippen LogP contribution is -2.40. The maximum absolute atomic E-state index is 11.6. The number of carbonyl (C=O) groups excluding carboxylic acids is 1. The first kappa shape index (κ1) is 12.8. The monoisotopic (exact) mass is 253 g/mol. The van der Waals surface area contributed by atoms with E-state index in [9.17, 15) is 9.90 Å². The average molecular weight is 253 g/mol. The van der Waals surface area contributed by atoms with Gasteiger partial charge in [-0.1, -0.05) is 0 Å². The van der Waals surface area contributed by atoms with E-state index >= 15 is 0 Å². The van der Waals surface area contributed by atoms with E-state index in [-0.39, 0.29) is 17.8 Å². The molecule has 0 atom stereocenters. The van der Waals surface area contributed by atoms with Gasteiger partial charge in [0, 0.05) is 26.2 Å². The maximum atomic E-state index is 11.6. The van der Waals surface area contributed by atoms with Crippen LogP contribution in [0.25, 0.3) is 0 Å². The van der Waals surface area contributed by atoms with Crippen molar-refractivity contribution in [2.45, 2.75) is 18.9 Å². The van der Waals surface area contributed by atoms with Gasteiger partial charge >= 0.3 is 0 Å². The van der Waals surface area contributed by atoms with Crippen LogP contribution in [0.15, 0.2) is 6.20 Å². The number of anilines is 1. The largest absolute Gasteiger partial charge is 0.393 e. The number of piperidine rings is 1. The normalized spacial score (nSPS) is 17.8. The minimum atomic E-state index is -0.247. The van der Waals surface area contributed by atoms with Gasteiger partial charge in [0.15, 0.2) is 5.82 Å². The second-order valence-corrected chi connectivity index (χ2v) is 4.52. The average Bonchev–Trinajstić information content (AvgIpc) is 2.78. The molecule has 0 bridgehead atoms. The summed E-state index contributed by atoms with van der Waals surface area (Å²) in [7, 11) is 0. The number of carbonyl (C=O) groups is 1. The first-order valence-corrected chi connectivity index (χ1v) is 6.14. The van der Waals surface area contributed by atoms with Crippen LogP contribution in [0.3, 0.4) is 0 Å². The van der Waals surface area contributed by atoms with Crippen LogP contribution in [0.1, 0.15) is 23.5 Å². The van der Waals surface area contributed by atoms with Crippen molar-refractivity contribution in [3.8, 4) is 0 Å². The molecule has 0 aliphatic carbocycles. The summed E-state index contributed by atoms with van der Waals surface area (Å²) >= 11 is 0. The summed E-state index contributed by atoms with van der Waals surface area (Å²) in [6, 6.07) is 0. The predicted octanol–water partition coefficient (Wildman–Crippen LogP) is -0.822. The van der Waals surface area contributed by atoms with Crippen molar-refractivity contribution >= 4 is 11.7 Å². The Morgan fingerprint density at radius 2 is 2.33 bits per heavy atom. The highest BCUT2D eigenvalue weighted by molar-refractivity contribution is 5.90. The van der Waals surface area contributed by atoms with E-state index in [2.05, 4.69) is 20.2 Å². The van der Waals surface area contributed by atoms with Crippen LogP contribution in [0.4, 0.5) is 5.82 Å². The van der Waals surface area contributed by atoms with E-state index in [4.69, 9.17) is 5.73 Å². The second kappa shape index (κ2) is 5.83. The van der Waals surface area contributed by atoms with Crippen LogP contribution in [-0.2, 0) is 0 Å². The Kier molecular flexibility index (Phi) is 4.16. The van der Waals surface area contributed by atoms with E-state index in [1.165, 1.54) is 6.20 Å². The number of nitrogens with two attached hydrogens (primary N) is 1. The first-order chi connectivity index (χ1) is 8.65. The highest BCUT2D eigenvalue weighted by Crippen LogP contribution is 2.08. The summed E-state index contributed by atoms with van der Waals surface area (Å²) < 4.78 is 0. The lowest BCUT2D eigenvalue weighted by atomic mass is 10.1. The Morgan fingerprint density at radius 1 is 1.61 bits per heavy atom. The third kappa shape index (κ3) is 3.44. The van der Waals surface area contributed by atoms with E-state index in [1.807, 2.05) is 0 Å². The molecule has 7 nitrogen and oxygen atoms in total. The SMILES string of the molecule is Nc1cnc(C(=O)NCCN2CCC(O)CC2)[nH]1. The van der Waals surface area contributed by atoms with Crippen LogP contribution in [0.2, 0.25) is 0 Å². The smallest absolute Gasteiger partial charge is 0.287 e. The third-order valence-corrected chi connectivity index (χ3v) is 3.08. The molecule has 18 heavy (non-hydrogen) atoms. The molecule has 0 unspecified atom stereocenters. The van der Waals surface area contributed by atoms with Crippen LogP contribution in [0.5, 0.6) is 0 Å². The van der Waals surface area contributed by atoms with E-state index < -0.39 is 0 Å². The van der Waals surface area contributed by atoms with Crippen molar-refractivity contribution in [1.29, 1.82) is 0 Å². The van der Waals surface area contributed by atoms with Gasteiger partial charge in [0.2, 0.25) is 0 Å². The molecule has 0 saturated carbocycles. The van der Waals surface area contributed by atoms with Crippen molar-refractivity contribution in [1.82, 2.24) is 20.2 Å². The number of nitrogen functional groups attached to an aromatic ring is 1. The highest BCUT2D eigenvalue weighted by Gasteiger charge is 2.16. The summed E-state index contributed by atoms with van der Waals surface area (Å²) in [5, 5.41) is 12.1. The molecular formula is C11H19N5O2. The minimum Gasteiger partial charge on any atom is -0.393 e. The van der Waals surface area contributed by atoms with Gasteiger partial charge in [-0.05, 0) is 12.8 Å². The summed E-state index contributed by atoms with van der Waals surface area (Å²) in [5.41, 5.74) is 5.45. The van der Waals surface area contributed by atoms with Gasteiger partial charge in [-0.15, -0.1) is 0 Å². The number of likely N-dealkylation sites (tertiary alicyclic amines) is 1. The number of aromatic amines is 1. The highest BCUT2D eigenvalue weighted by atomic mass is 16.3. The number of H-pyrrole nitrogens is 1. The van der Waals surface area contributed by atoms with E-state index in [1.54, 1.807) is 0 Å². The van der Waals surface area contributed by atoms with Crippen molar-refractivity contribution in [2.75, 3.05) is 31.9 Å². The van der Waals surface area contributed by atoms with Crippen molar-refractivity contribution < 1.29 is 9.90 Å². The summed E-state index contributed by atoms with van der Waals surface area (Å²) in [6.45, 7) is 3.11. The van der Waals surface area contributed by atoms with E-state index in [0.717, 1.165) is 32.5 Å². The number of imidazole rings is 1. The zero-order valence-corrected chi connectivity index (χ0v) is 10.2. The Balaban J connectivity index is 1.67. The number of nitrogens with zero attached hydrogens (tertiary/aromatic N) is 2. The molecule has 5 N–H and O–H groups in total. The molecule has 1 amide bonds. The minimum absolute atomic E-state index is 0.165. The molecule has 0 radical (unpaired) electrons. The molecule has 1 saturated heterocycles. The number of aliphatic hydroxyl groups excluding tert-OH is 1. The topological polar surface area (TPSA) is 107 Å². The van der Waals surface area contributed by atoms with Crippen molar-refractivity contribution in [3.63, 3.8) is 0 Å². The molecule has 1 aromatic rings. The van der Waals surface area contributed by atoms with Crippen LogP contribution in [0, 0.1) is 0 Å². The quantitative estimate of drug-likeness (QED) is 0.561. The molecule has 1 aliphatic heterocycles. The van der Waals surface area contributed by atoms with Gasteiger partial charge in [-0.25, -0.2) is 4.98 Å². The zero-order chi connectivity index (χ0) is 13.0.